The quantitative estimate of drug-likeness (QED) is 0.290. The standard InChI is InChI=1S/C24H20ClN3O5/c1-15-7-10-17(25)14-20(15)26-24(30)21(13-16-8-11-18(12-9-16)28(31)32)27-23(29)19-5-3-4-6-22(19)33-2/h3-14H,1-2H3,(H,26,30)(H,27,29). The molecule has 3 rings (SSSR count). The van der Waals surface area contributed by atoms with Gasteiger partial charge in [0, 0.05) is 22.8 Å². The highest BCUT2D eigenvalue weighted by atomic mass is 35.5. The lowest BCUT2D eigenvalue weighted by molar-refractivity contribution is -0.384. The molecule has 0 bridgehead atoms. The third-order valence-corrected chi connectivity index (χ3v) is 4.94. The van der Waals surface area contributed by atoms with Gasteiger partial charge in [-0.1, -0.05) is 29.8 Å². The number of amides is 2. The van der Waals surface area contributed by atoms with Crippen LogP contribution in [0.25, 0.3) is 6.08 Å². The minimum atomic E-state index is -0.595. The number of nitrogens with one attached hydrogen (secondary N) is 2. The van der Waals surface area contributed by atoms with Gasteiger partial charge in [0.25, 0.3) is 17.5 Å². The van der Waals surface area contributed by atoms with Gasteiger partial charge in [-0.05, 0) is 60.5 Å². The smallest absolute Gasteiger partial charge is 0.272 e. The van der Waals surface area contributed by atoms with Crippen molar-refractivity contribution < 1.29 is 19.2 Å². The molecule has 3 aromatic rings. The van der Waals surface area contributed by atoms with Crippen LogP contribution in [0, 0.1) is 17.0 Å². The van der Waals surface area contributed by atoms with E-state index in [1.165, 1.54) is 37.5 Å². The Bertz CT molecular complexity index is 1240. The van der Waals surface area contributed by atoms with Crippen LogP contribution in [0.15, 0.2) is 72.4 Å². The summed E-state index contributed by atoms with van der Waals surface area (Å²) in [4.78, 5) is 36.4. The van der Waals surface area contributed by atoms with Crippen LogP contribution in [0.4, 0.5) is 11.4 Å². The summed E-state index contributed by atoms with van der Waals surface area (Å²) in [6, 6.07) is 17.2. The maximum Gasteiger partial charge on any atom is 0.272 e. The summed E-state index contributed by atoms with van der Waals surface area (Å²) < 4.78 is 5.23. The van der Waals surface area contributed by atoms with Crippen LogP contribution in [0.5, 0.6) is 5.75 Å². The molecule has 9 heteroatoms. The molecule has 0 saturated carbocycles. The van der Waals surface area contributed by atoms with Crippen molar-refractivity contribution in [3.05, 3.63) is 104 Å². The Morgan fingerprint density at radius 1 is 1.06 bits per heavy atom. The van der Waals surface area contributed by atoms with Gasteiger partial charge in [-0.25, -0.2) is 0 Å². The number of nitro benzene ring substituents is 1. The van der Waals surface area contributed by atoms with E-state index in [9.17, 15) is 19.7 Å². The number of ether oxygens (including phenoxy) is 1. The number of methoxy groups -OCH3 is 1. The van der Waals surface area contributed by atoms with E-state index < -0.39 is 16.7 Å². The summed E-state index contributed by atoms with van der Waals surface area (Å²) >= 11 is 6.04. The first-order valence-electron chi connectivity index (χ1n) is 9.76. The zero-order valence-electron chi connectivity index (χ0n) is 17.8. The number of carbonyl (C=O) groups excluding carboxylic acids is 2. The molecule has 0 heterocycles. The fraction of sp³-hybridized carbons (Fsp3) is 0.0833. The molecule has 0 fully saturated rings. The van der Waals surface area contributed by atoms with Crippen LogP contribution in [-0.4, -0.2) is 23.8 Å². The molecule has 0 saturated heterocycles. The van der Waals surface area contributed by atoms with E-state index >= 15 is 0 Å². The van der Waals surface area contributed by atoms with Crippen molar-refractivity contribution in [2.24, 2.45) is 0 Å². The predicted octanol–water partition coefficient (Wildman–Crippen LogP) is 4.97. The molecular weight excluding hydrogens is 446 g/mol. The normalized spacial score (nSPS) is 10.9. The van der Waals surface area contributed by atoms with Crippen molar-refractivity contribution in [3.8, 4) is 5.75 Å². The van der Waals surface area contributed by atoms with Gasteiger partial charge in [0.1, 0.15) is 11.4 Å². The fourth-order valence-corrected chi connectivity index (χ4v) is 3.13. The number of nitro groups is 1. The maximum atomic E-state index is 13.1. The summed E-state index contributed by atoms with van der Waals surface area (Å²) in [6.45, 7) is 1.80. The number of hydrogen-bond donors (Lipinski definition) is 2. The number of benzene rings is 3. The highest BCUT2D eigenvalue weighted by molar-refractivity contribution is 6.31. The van der Waals surface area contributed by atoms with Crippen molar-refractivity contribution in [1.82, 2.24) is 5.32 Å². The number of halogens is 1. The highest BCUT2D eigenvalue weighted by Gasteiger charge is 2.18. The average molecular weight is 466 g/mol. The number of aryl methyl sites for hydroxylation is 1. The topological polar surface area (TPSA) is 111 Å². The van der Waals surface area contributed by atoms with Crippen molar-refractivity contribution >= 4 is 40.9 Å². The number of hydrogen-bond acceptors (Lipinski definition) is 5. The molecule has 33 heavy (non-hydrogen) atoms. The Morgan fingerprint density at radius 3 is 2.42 bits per heavy atom. The lowest BCUT2D eigenvalue weighted by Gasteiger charge is -2.14. The van der Waals surface area contributed by atoms with E-state index in [0.717, 1.165) is 5.56 Å². The zero-order valence-corrected chi connectivity index (χ0v) is 18.6. The third-order valence-electron chi connectivity index (χ3n) is 4.71. The van der Waals surface area contributed by atoms with Gasteiger partial charge in [-0.2, -0.15) is 0 Å². The monoisotopic (exact) mass is 465 g/mol. The predicted molar refractivity (Wildman–Crippen MR) is 126 cm³/mol. The summed E-state index contributed by atoms with van der Waals surface area (Å²) in [5.74, 6) is -0.809. The molecule has 0 aliphatic rings. The van der Waals surface area contributed by atoms with Gasteiger partial charge in [-0.3, -0.25) is 19.7 Å². The SMILES string of the molecule is COc1ccccc1C(=O)NC(=Cc1ccc([N+](=O)[O-])cc1)C(=O)Nc1cc(Cl)ccc1C. The Balaban J connectivity index is 1.96. The highest BCUT2D eigenvalue weighted by Crippen LogP contribution is 2.22. The molecule has 8 nitrogen and oxygen atoms in total. The molecule has 0 spiro atoms. The van der Waals surface area contributed by atoms with Crippen molar-refractivity contribution in [3.63, 3.8) is 0 Å². The molecule has 168 valence electrons. The Kier molecular flexibility index (Phi) is 7.42. The Hall–Kier alpha value is -4.17. The molecule has 2 N–H and O–H groups in total. The van der Waals surface area contributed by atoms with E-state index in [1.807, 2.05) is 0 Å². The van der Waals surface area contributed by atoms with Gasteiger partial charge in [0.05, 0.1) is 17.6 Å². The number of non-ortho nitro benzene ring substituents is 1. The molecule has 0 atom stereocenters. The Morgan fingerprint density at radius 2 is 1.76 bits per heavy atom. The first-order valence-corrected chi connectivity index (χ1v) is 10.1. The molecule has 0 aromatic heterocycles. The number of carbonyl (C=O) groups is 2. The summed E-state index contributed by atoms with van der Waals surface area (Å²) in [6.07, 6.45) is 1.42. The molecule has 3 aromatic carbocycles. The lowest BCUT2D eigenvalue weighted by atomic mass is 10.1. The summed E-state index contributed by atoms with van der Waals surface area (Å²) in [5, 5.41) is 16.7. The summed E-state index contributed by atoms with van der Waals surface area (Å²) in [7, 11) is 1.44. The minimum Gasteiger partial charge on any atom is -0.496 e. The average Bonchev–Trinajstić information content (AvgIpc) is 2.81. The Labute approximate surface area is 195 Å². The molecular formula is C24H20ClN3O5. The van der Waals surface area contributed by atoms with Gasteiger partial charge in [0.2, 0.25) is 0 Å². The van der Waals surface area contributed by atoms with E-state index in [-0.39, 0.29) is 16.9 Å². The number of anilines is 1. The fourth-order valence-electron chi connectivity index (χ4n) is 2.96. The first kappa shape index (κ1) is 23.5. The van der Waals surface area contributed by atoms with E-state index in [2.05, 4.69) is 10.6 Å². The van der Waals surface area contributed by atoms with Gasteiger partial charge >= 0.3 is 0 Å². The number of para-hydroxylation sites is 1. The lowest BCUT2D eigenvalue weighted by Crippen LogP contribution is -2.31. The van der Waals surface area contributed by atoms with Crippen LogP contribution in [-0.2, 0) is 4.79 Å². The van der Waals surface area contributed by atoms with Crippen molar-refractivity contribution in [2.45, 2.75) is 6.92 Å². The van der Waals surface area contributed by atoms with Gasteiger partial charge in [-0.15, -0.1) is 0 Å². The van der Waals surface area contributed by atoms with Gasteiger partial charge in [0.15, 0.2) is 0 Å². The van der Waals surface area contributed by atoms with Crippen LogP contribution < -0.4 is 15.4 Å². The molecule has 0 radical (unpaired) electrons. The number of rotatable bonds is 7. The summed E-state index contributed by atoms with van der Waals surface area (Å²) in [5.41, 5.74) is 1.81. The van der Waals surface area contributed by atoms with Crippen LogP contribution >= 0.6 is 11.6 Å². The molecule has 2 amide bonds. The van der Waals surface area contributed by atoms with Crippen LogP contribution in [0.1, 0.15) is 21.5 Å². The van der Waals surface area contributed by atoms with Crippen LogP contribution in [0.3, 0.4) is 0 Å². The van der Waals surface area contributed by atoms with Crippen molar-refractivity contribution in [1.29, 1.82) is 0 Å². The van der Waals surface area contributed by atoms with E-state index in [0.29, 0.717) is 22.0 Å². The first-order chi connectivity index (χ1) is 15.8. The third kappa shape index (κ3) is 5.96. The maximum absolute atomic E-state index is 13.1. The van der Waals surface area contributed by atoms with E-state index in [4.69, 9.17) is 16.3 Å². The molecule has 0 aliphatic heterocycles. The van der Waals surface area contributed by atoms with E-state index in [1.54, 1.807) is 49.4 Å². The number of nitrogens with zero attached hydrogens (tertiary/aromatic N) is 1. The minimum absolute atomic E-state index is 0.0702. The second-order valence-corrected chi connectivity index (χ2v) is 7.41. The van der Waals surface area contributed by atoms with Gasteiger partial charge < -0.3 is 15.4 Å². The molecule has 0 aliphatic carbocycles. The van der Waals surface area contributed by atoms with Crippen LogP contribution in [0.2, 0.25) is 5.02 Å². The largest absolute Gasteiger partial charge is 0.496 e. The second-order valence-electron chi connectivity index (χ2n) is 6.97. The second kappa shape index (κ2) is 10.4. The zero-order chi connectivity index (χ0) is 24.0. The molecule has 0 unspecified atom stereocenters. The van der Waals surface area contributed by atoms with Crippen molar-refractivity contribution in [2.75, 3.05) is 12.4 Å².